The van der Waals surface area contributed by atoms with Crippen LogP contribution in [-0.2, 0) is 4.79 Å². The van der Waals surface area contributed by atoms with Gasteiger partial charge in [-0.15, -0.1) is 0 Å². The Morgan fingerprint density at radius 2 is 2.18 bits per heavy atom. The summed E-state index contributed by atoms with van der Waals surface area (Å²) < 4.78 is 0. The van der Waals surface area contributed by atoms with Crippen molar-refractivity contribution in [3.8, 4) is 0 Å². The molecule has 1 saturated heterocycles. The maximum absolute atomic E-state index is 11.4. The van der Waals surface area contributed by atoms with E-state index in [1.807, 2.05) is 0 Å². The predicted octanol–water partition coefficient (Wildman–Crippen LogP) is 0.796. The highest BCUT2D eigenvalue weighted by molar-refractivity contribution is 5.76. The topological polar surface area (TPSA) is 61.4 Å². The zero-order valence-corrected chi connectivity index (χ0v) is 10.5. The fourth-order valence-electron chi connectivity index (χ4n) is 2.93. The molecule has 2 rings (SSSR count). The Kier molecular flexibility index (Phi) is 4.80. The SMILES string of the molecule is O=C1CC(NCC2CCCC(O)C2)CCCN1. The number of aliphatic hydroxyl groups is 1. The normalized spacial score (nSPS) is 35.1. The van der Waals surface area contributed by atoms with Gasteiger partial charge in [0.05, 0.1) is 6.10 Å². The number of nitrogens with one attached hydrogen (secondary N) is 2. The van der Waals surface area contributed by atoms with Crippen molar-refractivity contribution in [1.29, 1.82) is 0 Å². The third-order valence-corrected chi connectivity index (χ3v) is 3.93. The Morgan fingerprint density at radius 1 is 1.29 bits per heavy atom. The van der Waals surface area contributed by atoms with Crippen LogP contribution < -0.4 is 10.6 Å². The van der Waals surface area contributed by atoms with E-state index in [1.54, 1.807) is 0 Å². The van der Waals surface area contributed by atoms with Gasteiger partial charge in [-0.2, -0.15) is 0 Å². The Balaban J connectivity index is 1.71. The summed E-state index contributed by atoms with van der Waals surface area (Å²) in [4.78, 5) is 11.4. The molecule has 3 atom stereocenters. The maximum Gasteiger partial charge on any atom is 0.221 e. The lowest BCUT2D eigenvalue weighted by molar-refractivity contribution is -0.121. The van der Waals surface area contributed by atoms with Gasteiger partial charge in [0.15, 0.2) is 0 Å². The molecule has 4 nitrogen and oxygen atoms in total. The van der Waals surface area contributed by atoms with Crippen molar-refractivity contribution in [3.05, 3.63) is 0 Å². The van der Waals surface area contributed by atoms with Crippen molar-refractivity contribution in [3.63, 3.8) is 0 Å². The minimum atomic E-state index is -0.104. The van der Waals surface area contributed by atoms with Crippen molar-refractivity contribution >= 4 is 5.91 Å². The molecule has 0 radical (unpaired) electrons. The molecule has 0 bridgehead atoms. The second-order valence-corrected chi connectivity index (χ2v) is 5.49. The molecule has 0 aromatic rings. The van der Waals surface area contributed by atoms with Crippen LogP contribution in [0.1, 0.15) is 44.9 Å². The van der Waals surface area contributed by atoms with Crippen molar-refractivity contribution in [2.45, 2.75) is 57.1 Å². The van der Waals surface area contributed by atoms with Gasteiger partial charge in [0.2, 0.25) is 5.91 Å². The molecule has 3 N–H and O–H groups in total. The number of carbonyl (C=O) groups excluding carboxylic acids is 1. The Hall–Kier alpha value is -0.610. The van der Waals surface area contributed by atoms with Crippen molar-refractivity contribution in [2.24, 2.45) is 5.92 Å². The molecule has 1 amide bonds. The number of aliphatic hydroxyl groups excluding tert-OH is 1. The first-order valence-corrected chi connectivity index (χ1v) is 6.92. The summed E-state index contributed by atoms with van der Waals surface area (Å²) in [6.45, 7) is 1.77. The molecule has 0 spiro atoms. The quantitative estimate of drug-likeness (QED) is 0.683. The molecule has 1 saturated carbocycles. The molecule has 4 heteroatoms. The van der Waals surface area contributed by atoms with Crippen LogP contribution in [0.3, 0.4) is 0 Å². The highest BCUT2D eigenvalue weighted by atomic mass is 16.3. The number of carbonyl (C=O) groups is 1. The van der Waals surface area contributed by atoms with Gasteiger partial charge < -0.3 is 15.7 Å². The molecular formula is C13H24N2O2. The lowest BCUT2D eigenvalue weighted by atomic mass is 9.87. The molecule has 0 aromatic heterocycles. The van der Waals surface area contributed by atoms with Crippen LogP contribution in [0.15, 0.2) is 0 Å². The van der Waals surface area contributed by atoms with Gasteiger partial charge in [0, 0.05) is 19.0 Å². The van der Waals surface area contributed by atoms with E-state index in [0.29, 0.717) is 18.4 Å². The van der Waals surface area contributed by atoms with Crippen LogP contribution in [0, 0.1) is 5.92 Å². The Morgan fingerprint density at radius 3 is 3.00 bits per heavy atom. The number of hydrogen-bond donors (Lipinski definition) is 3. The summed E-state index contributed by atoms with van der Waals surface area (Å²) in [6, 6.07) is 0.330. The third-order valence-electron chi connectivity index (χ3n) is 3.93. The summed E-state index contributed by atoms with van der Waals surface area (Å²) in [5.41, 5.74) is 0. The van der Waals surface area contributed by atoms with E-state index in [-0.39, 0.29) is 12.0 Å². The van der Waals surface area contributed by atoms with Gasteiger partial charge in [0.25, 0.3) is 0 Å². The second kappa shape index (κ2) is 6.36. The first kappa shape index (κ1) is 12.8. The van der Waals surface area contributed by atoms with E-state index >= 15 is 0 Å². The monoisotopic (exact) mass is 240 g/mol. The highest BCUT2D eigenvalue weighted by Crippen LogP contribution is 2.23. The molecule has 1 heterocycles. The smallest absolute Gasteiger partial charge is 0.221 e. The van der Waals surface area contributed by atoms with Crippen molar-refractivity contribution in [2.75, 3.05) is 13.1 Å². The van der Waals surface area contributed by atoms with Crippen molar-refractivity contribution < 1.29 is 9.90 Å². The van der Waals surface area contributed by atoms with Gasteiger partial charge >= 0.3 is 0 Å². The Labute approximate surface area is 103 Å². The molecule has 1 aliphatic heterocycles. The first-order chi connectivity index (χ1) is 8.24. The average molecular weight is 240 g/mol. The van der Waals surface area contributed by atoms with Gasteiger partial charge in [0.1, 0.15) is 0 Å². The van der Waals surface area contributed by atoms with Crippen LogP contribution in [0.2, 0.25) is 0 Å². The first-order valence-electron chi connectivity index (χ1n) is 6.92. The van der Waals surface area contributed by atoms with Crippen LogP contribution in [0.5, 0.6) is 0 Å². The largest absolute Gasteiger partial charge is 0.393 e. The third kappa shape index (κ3) is 4.28. The highest BCUT2D eigenvalue weighted by Gasteiger charge is 2.22. The average Bonchev–Trinajstić information content (AvgIpc) is 2.51. The van der Waals surface area contributed by atoms with Crippen LogP contribution in [0.25, 0.3) is 0 Å². The van der Waals surface area contributed by atoms with Gasteiger partial charge in [-0.1, -0.05) is 6.42 Å². The van der Waals surface area contributed by atoms with Crippen LogP contribution in [0.4, 0.5) is 0 Å². The molecular weight excluding hydrogens is 216 g/mol. The minimum absolute atomic E-state index is 0.104. The zero-order valence-electron chi connectivity index (χ0n) is 10.5. The summed E-state index contributed by atoms with van der Waals surface area (Å²) in [6.07, 6.45) is 6.88. The lowest BCUT2D eigenvalue weighted by Gasteiger charge is -2.27. The molecule has 2 fully saturated rings. The van der Waals surface area contributed by atoms with E-state index in [4.69, 9.17) is 0 Å². The van der Waals surface area contributed by atoms with Crippen molar-refractivity contribution in [1.82, 2.24) is 10.6 Å². The molecule has 98 valence electrons. The van der Waals surface area contributed by atoms with Gasteiger partial charge in [-0.3, -0.25) is 4.79 Å². The standard InChI is InChI=1S/C13H24N2O2/c16-12-5-1-3-10(7-12)9-15-11-4-2-6-14-13(17)8-11/h10-12,15-16H,1-9H2,(H,14,17). The molecule has 1 aliphatic carbocycles. The van der Waals surface area contributed by atoms with Gasteiger partial charge in [-0.25, -0.2) is 0 Å². The maximum atomic E-state index is 11.4. The van der Waals surface area contributed by atoms with E-state index in [9.17, 15) is 9.90 Å². The molecule has 2 aliphatic rings. The zero-order chi connectivity index (χ0) is 12.1. The van der Waals surface area contributed by atoms with Crippen LogP contribution in [-0.4, -0.2) is 36.2 Å². The summed E-state index contributed by atoms with van der Waals surface area (Å²) in [7, 11) is 0. The van der Waals surface area contributed by atoms with Gasteiger partial charge in [-0.05, 0) is 44.6 Å². The van der Waals surface area contributed by atoms with Crippen LogP contribution >= 0.6 is 0 Å². The minimum Gasteiger partial charge on any atom is -0.393 e. The number of hydrogen-bond acceptors (Lipinski definition) is 3. The van der Waals surface area contributed by atoms with E-state index in [0.717, 1.165) is 45.2 Å². The lowest BCUT2D eigenvalue weighted by Crippen LogP contribution is -2.37. The van der Waals surface area contributed by atoms with E-state index in [1.165, 1.54) is 6.42 Å². The van der Waals surface area contributed by atoms with E-state index < -0.39 is 0 Å². The summed E-state index contributed by atoms with van der Waals surface area (Å²) in [5.74, 6) is 0.758. The fourth-order valence-corrected chi connectivity index (χ4v) is 2.93. The number of amides is 1. The number of rotatable bonds is 3. The summed E-state index contributed by atoms with van der Waals surface area (Å²) >= 11 is 0. The molecule has 3 unspecified atom stereocenters. The second-order valence-electron chi connectivity index (χ2n) is 5.49. The molecule has 17 heavy (non-hydrogen) atoms. The summed E-state index contributed by atoms with van der Waals surface area (Å²) in [5, 5.41) is 16.0. The molecule has 0 aromatic carbocycles. The predicted molar refractivity (Wildman–Crippen MR) is 66.6 cm³/mol. The van der Waals surface area contributed by atoms with E-state index in [2.05, 4.69) is 10.6 Å². The fraction of sp³-hybridized carbons (Fsp3) is 0.923. The Bertz CT molecular complexity index is 258.